The number of ketones is 1. The number of nitrogens with zero attached hydrogens (tertiary/aromatic N) is 1. The molecule has 0 bridgehead atoms. The van der Waals surface area contributed by atoms with Gasteiger partial charge in [-0.2, -0.15) is 0 Å². The Bertz CT molecular complexity index is 893. The number of hydrogen-bond acceptors (Lipinski definition) is 6. The maximum Gasteiger partial charge on any atom is 0.306 e. The van der Waals surface area contributed by atoms with E-state index in [1.54, 1.807) is 42.5 Å². The molecule has 2 rings (SSSR count). The van der Waals surface area contributed by atoms with Crippen LogP contribution in [0.15, 0.2) is 54.6 Å². The molecule has 31 heavy (non-hydrogen) atoms. The number of anilines is 1. The zero-order valence-corrected chi connectivity index (χ0v) is 17.7. The summed E-state index contributed by atoms with van der Waals surface area (Å²) >= 11 is 0. The van der Waals surface area contributed by atoms with Gasteiger partial charge in [-0.05, 0) is 38.1 Å². The number of nitrogens with one attached hydrogen (secondary N) is 2. The molecule has 0 saturated carbocycles. The van der Waals surface area contributed by atoms with Gasteiger partial charge in [-0.25, -0.2) is 0 Å². The van der Waals surface area contributed by atoms with Crippen molar-refractivity contribution in [3.05, 3.63) is 65.7 Å². The highest BCUT2D eigenvalue weighted by molar-refractivity contribution is 5.98. The molecule has 2 aromatic carbocycles. The van der Waals surface area contributed by atoms with E-state index in [0.29, 0.717) is 11.1 Å². The Balaban J connectivity index is 1.69. The molecule has 8 nitrogen and oxygen atoms in total. The fourth-order valence-corrected chi connectivity index (χ4v) is 2.85. The summed E-state index contributed by atoms with van der Waals surface area (Å²) in [6.07, 6.45) is -0.142. The molecule has 0 heterocycles. The van der Waals surface area contributed by atoms with Gasteiger partial charge in [0.05, 0.1) is 6.42 Å². The van der Waals surface area contributed by atoms with Crippen LogP contribution in [0.5, 0.6) is 0 Å². The van der Waals surface area contributed by atoms with Crippen molar-refractivity contribution in [3.8, 4) is 0 Å². The predicted molar refractivity (Wildman–Crippen MR) is 117 cm³/mol. The van der Waals surface area contributed by atoms with Crippen LogP contribution in [0.3, 0.4) is 0 Å². The molecular formula is C23H27N3O5. The van der Waals surface area contributed by atoms with Gasteiger partial charge in [-0.1, -0.05) is 30.3 Å². The van der Waals surface area contributed by atoms with E-state index in [9.17, 15) is 19.2 Å². The Morgan fingerprint density at radius 3 is 2.06 bits per heavy atom. The van der Waals surface area contributed by atoms with E-state index < -0.39 is 24.4 Å². The Hall–Kier alpha value is -3.68. The van der Waals surface area contributed by atoms with Crippen molar-refractivity contribution >= 4 is 29.3 Å². The molecule has 0 fully saturated rings. The minimum absolute atomic E-state index is 0.00924. The van der Waals surface area contributed by atoms with Crippen molar-refractivity contribution < 1.29 is 23.9 Å². The van der Waals surface area contributed by atoms with Gasteiger partial charge in [0.2, 0.25) is 0 Å². The molecule has 164 valence electrons. The first kappa shape index (κ1) is 23.6. The minimum Gasteiger partial charge on any atom is -0.455 e. The number of ether oxygens (including phenoxy) is 1. The molecule has 2 amide bonds. The summed E-state index contributed by atoms with van der Waals surface area (Å²) in [5.41, 5.74) is 6.37. The van der Waals surface area contributed by atoms with Gasteiger partial charge in [-0.3, -0.25) is 30.0 Å². The van der Waals surface area contributed by atoms with Crippen LogP contribution >= 0.6 is 0 Å². The number of carbonyl (C=O) groups excluding carboxylic acids is 4. The summed E-state index contributed by atoms with van der Waals surface area (Å²) in [5, 5.41) is 0. The first-order chi connectivity index (χ1) is 14.9. The molecule has 0 aliphatic carbocycles. The van der Waals surface area contributed by atoms with Crippen LogP contribution in [0.25, 0.3) is 0 Å². The zero-order chi connectivity index (χ0) is 22.6. The van der Waals surface area contributed by atoms with Gasteiger partial charge in [0.1, 0.15) is 0 Å². The van der Waals surface area contributed by atoms with E-state index in [-0.39, 0.29) is 18.6 Å². The van der Waals surface area contributed by atoms with Crippen molar-refractivity contribution in [2.45, 2.75) is 26.7 Å². The van der Waals surface area contributed by atoms with Crippen molar-refractivity contribution in [2.75, 3.05) is 24.6 Å². The van der Waals surface area contributed by atoms with Gasteiger partial charge >= 0.3 is 5.97 Å². The summed E-state index contributed by atoms with van der Waals surface area (Å²) in [7, 11) is 0. The molecule has 0 aliphatic heterocycles. The monoisotopic (exact) mass is 425 g/mol. The predicted octanol–water partition coefficient (Wildman–Crippen LogP) is 2.50. The molecule has 8 heteroatoms. The molecule has 2 N–H and O–H groups in total. The van der Waals surface area contributed by atoms with E-state index in [2.05, 4.69) is 15.8 Å². The molecule has 2 aromatic rings. The molecule has 0 saturated heterocycles. The van der Waals surface area contributed by atoms with Gasteiger partial charge in [0, 0.05) is 36.3 Å². The highest BCUT2D eigenvalue weighted by Crippen LogP contribution is 2.14. The molecule has 0 atom stereocenters. The van der Waals surface area contributed by atoms with Crippen LogP contribution in [0.1, 0.15) is 47.4 Å². The van der Waals surface area contributed by atoms with Gasteiger partial charge < -0.3 is 9.64 Å². The van der Waals surface area contributed by atoms with Gasteiger partial charge in [0.15, 0.2) is 12.4 Å². The standard InChI is InChI=1S/C23H27N3O5/c1-3-26(4-2)19-12-10-18(11-13-19)23(30)25-24-21(28)16-31-22(29)15-14-20(27)17-8-6-5-7-9-17/h5-13H,3-4,14-16H2,1-2H3,(H,24,28)(H,25,30). The molecule has 0 aliphatic rings. The van der Waals surface area contributed by atoms with Crippen LogP contribution in [0.4, 0.5) is 5.69 Å². The highest BCUT2D eigenvalue weighted by atomic mass is 16.5. The smallest absolute Gasteiger partial charge is 0.306 e. The van der Waals surface area contributed by atoms with E-state index in [1.807, 2.05) is 26.0 Å². The second-order valence-corrected chi connectivity index (χ2v) is 6.67. The first-order valence-corrected chi connectivity index (χ1v) is 10.1. The number of amides is 2. The van der Waals surface area contributed by atoms with Crippen LogP contribution < -0.4 is 15.8 Å². The van der Waals surface area contributed by atoms with E-state index >= 15 is 0 Å². The van der Waals surface area contributed by atoms with Crippen molar-refractivity contribution in [1.82, 2.24) is 10.9 Å². The lowest BCUT2D eigenvalue weighted by atomic mass is 10.1. The summed E-state index contributed by atoms with van der Waals surface area (Å²) in [6.45, 7) is 5.26. The highest BCUT2D eigenvalue weighted by Gasteiger charge is 2.13. The van der Waals surface area contributed by atoms with E-state index in [4.69, 9.17) is 4.74 Å². The number of hydrazine groups is 1. The third-order valence-corrected chi connectivity index (χ3v) is 4.59. The maximum atomic E-state index is 12.1. The van der Waals surface area contributed by atoms with Crippen molar-refractivity contribution in [3.63, 3.8) is 0 Å². The van der Waals surface area contributed by atoms with Gasteiger partial charge in [0.25, 0.3) is 11.8 Å². The van der Waals surface area contributed by atoms with Gasteiger partial charge in [-0.15, -0.1) is 0 Å². The lowest BCUT2D eigenvalue weighted by molar-refractivity contribution is -0.148. The van der Waals surface area contributed by atoms with Crippen LogP contribution in [0, 0.1) is 0 Å². The average molecular weight is 425 g/mol. The fourth-order valence-electron chi connectivity index (χ4n) is 2.85. The average Bonchev–Trinajstić information content (AvgIpc) is 2.81. The summed E-state index contributed by atoms with van der Waals surface area (Å²) in [5.74, 6) is -2.02. The third-order valence-electron chi connectivity index (χ3n) is 4.59. The molecule has 0 spiro atoms. The van der Waals surface area contributed by atoms with Crippen LogP contribution in [-0.4, -0.2) is 43.3 Å². The second-order valence-electron chi connectivity index (χ2n) is 6.67. The Morgan fingerprint density at radius 2 is 1.45 bits per heavy atom. The maximum absolute atomic E-state index is 12.1. The summed E-state index contributed by atoms with van der Waals surface area (Å²) in [6, 6.07) is 15.6. The molecule has 0 unspecified atom stereocenters. The largest absolute Gasteiger partial charge is 0.455 e. The summed E-state index contributed by atoms with van der Waals surface area (Å²) in [4.78, 5) is 49.8. The first-order valence-electron chi connectivity index (χ1n) is 10.1. The topological polar surface area (TPSA) is 105 Å². The quantitative estimate of drug-likeness (QED) is 0.344. The second kappa shape index (κ2) is 12.1. The normalized spacial score (nSPS) is 10.1. The number of rotatable bonds is 10. The zero-order valence-electron chi connectivity index (χ0n) is 17.7. The lowest BCUT2D eigenvalue weighted by Gasteiger charge is -2.21. The summed E-state index contributed by atoms with van der Waals surface area (Å²) < 4.78 is 4.83. The minimum atomic E-state index is -0.684. The Kier molecular flexibility index (Phi) is 9.22. The third kappa shape index (κ3) is 7.58. The van der Waals surface area contributed by atoms with E-state index in [1.165, 1.54) is 0 Å². The Labute approximate surface area is 181 Å². The molecule has 0 aromatic heterocycles. The SMILES string of the molecule is CCN(CC)c1ccc(C(=O)NNC(=O)COC(=O)CCC(=O)c2ccccc2)cc1. The van der Waals surface area contributed by atoms with E-state index in [0.717, 1.165) is 18.8 Å². The fraction of sp³-hybridized carbons (Fsp3) is 0.304. The number of carbonyl (C=O) groups is 4. The Morgan fingerprint density at radius 1 is 0.806 bits per heavy atom. The van der Waals surface area contributed by atoms with Crippen LogP contribution in [-0.2, 0) is 14.3 Å². The number of benzene rings is 2. The number of Topliss-reactive ketones (excluding diaryl/α,β-unsaturated/α-hetero) is 1. The van der Waals surface area contributed by atoms with Crippen LogP contribution in [0.2, 0.25) is 0 Å². The lowest BCUT2D eigenvalue weighted by Crippen LogP contribution is -2.43. The number of hydrogen-bond donors (Lipinski definition) is 2. The molecule has 0 radical (unpaired) electrons. The van der Waals surface area contributed by atoms with Crippen molar-refractivity contribution in [2.24, 2.45) is 0 Å². The van der Waals surface area contributed by atoms with Crippen molar-refractivity contribution in [1.29, 1.82) is 0 Å². The molecular weight excluding hydrogens is 398 g/mol. The number of esters is 1.